The summed E-state index contributed by atoms with van der Waals surface area (Å²) in [6.45, 7) is 3.58. The van der Waals surface area contributed by atoms with Crippen LogP contribution in [-0.4, -0.2) is 16.4 Å². The van der Waals surface area contributed by atoms with Gasteiger partial charge in [-0.2, -0.15) is 5.26 Å². The highest BCUT2D eigenvalue weighted by Crippen LogP contribution is 2.24. The first-order chi connectivity index (χ1) is 9.56. The van der Waals surface area contributed by atoms with Gasteiger partial charge in [-0.3, -0.25) is 4.79 Å². The second kappa shape index (κ2) is 5.88. The van der Waals surface area contributed by atoms with Crippen molar-refractivity contribution in [1.29, 1.82) is 5.26 Å². The Labute approximate surface area is 121 Å². The van der Waals surface area contributed by atoms with Crippen LogP contribution in [-0.2, 0) is 11.2 Å². The minimum Gasteiger partial charge on any atom is -0.472 e. The summed E-state index contributed by atoms with van der Waals surface area (Å²) >= 11 is 1.46. The standard InChI is InChI=1S/C14H15N3O2S/c1-3-14(2,9-15)17-12(18)6-11-8-20-13(16-11)10-4-5-19-7-10/h4-5,7-8H,3,6H2,1-2H3,(H,17,18)/t14-/m1/s1. The quantitative estimate of drug-likeness (QED) is 0.918. The average molecular weight is 289 g/mol. The van der Waals surface area contributed by atoms with Crippen LogP contribution in [0.1, 0.15) is 26.0 Å². The lowest BCUT2D eigenvalue weighted by Gasteiger charge is -2.20. The highest BCUT2D eigenvalue weighted by atomic mass is 32.1. The van der Waals surface area contributed by atoms with Gasteiger partial charge in [-0.1, -0.05) is 6.92 Å². The molecular weight excluding hydrogens is 274 g/mol. The van der Waals surface area contributed by atoms with Gasteiger partial charge in [0, 0.05) is 10.9 Å². The SMILES string of the molecule is CC[C@](C)(C#N)NC(=O)Cc1csc(-c2ccoc2)n1. The molecule has 2 heterocycles. The van der Waals surface area contributed by atoms with Crippen molar-refractivity contribution in [1.82, 2.24) is 10.3 Å². The smallest absolute Gasteiger partial charge is 0.227 e. The molecule has 0 spiro atoms. The third-order valence-electron chi connectivity index (χ3n) is 3.03. The Balaban J connectivity index is 2.01. The fraction of sp³-hybridized carbons (Fsp3) is 0.357. The van der Waals surface area contributed by atoms with E-state index in [9.17, 15) is 4.79 Å². The molecule has 0 aliphatic rings. The van der Waals surface area contributed by atoms with E-state index >= 15 is 0 Å². The van der Waals surface area contributed by atoms with E-state index in [1.54, 1.807) is 19.5 Å². The molecule has 0 aliphatic heterocycles. The van der Waals surface area contributed by atoms with Crippen LogP contribution < -0.4 is 5.32 Å². The number of nitrogens with one attached hydrogen (secondary N) is 1. The molecule has 0 saturated carbocycles. The fourth-order valence-corrected chi connectivity index (χ4v) is 2.42. The van der Waals surface area contributed by atoms with Gasteiger partial charge in [-0.05, 0) is 19.4 Å². The van der Waals surface area contributed by atoms with Gasteiger partial charge in [0.25, 0.3) is 0 Å². The third kappa shape index (κ3) is 3.25. The molecule has 0 unspecified atom stereocenters. The number of carbonyl (C=O) groups is 1. The lowest BCUT2D eigenvalue weighted by molar-refractivity contribution is -0.121. The molecule has 1 atom stereocenters. The van der Waals surface area contributed by atoms with E-state index in [-0.39, 0.29) is 12.3 Å². The number of furan rings is 1. The lowest BCUT2D eigenvalue weighted by Crippen LogP contribution is -2.44. The first-order valence-electron chi connectivity index (χ1n) is 6.25. The molecule has 0 saturated heterocycles. The number of nitriles is 1. The van der Waals surface area contributed by atoms with Gasteiger partial charge in [0.1, 0.15) is 16.8 Å². The maximum atomic E-state index is 11.9. The fourth-order valence-electron chi connectivity index (χ4n) is 1.62. The highest BCUT2D eigenvalue weighted by molar-refractivity contribution is 7.13. The van der Waals surface area contributed by atoms with Crippen LogP contribution in [0.3, 0.4) is 0 Å². The highest BCUT2D eigenvalue weighted by Gasteiger charge is 2.23. The molecule has 2 aromatic rings. The summed E-state index contributed by atoms with van der Waals surface area (Å²) in [5.41, 5.74) is 0.776. The summed E-state index contributed by atoms with van der Waals surface area (Å²) in [6, 6.07) is 3.94. The first-order valence-corrected chi connectivity index (χ1v) is 7.13. The summed E-state index contributed by atoms with van der Waals surface area (Å²) in [7, 11) is 0. The molecular formula is C14H15N3O2S. The zero-order valence-corrected chi connectivity index (χ0v) is 12.2. The Bertz CT molecular complexity index is 627. The number of nitrogens with zero attached hydrogens (tertiary/aromatic N) is 2. The van der Waals surface area contributed by atoms with E-state index < -0.39 is 5.54 Å². The molecule has 0 radical (unpaired) electrons. The molecule has 0 fully saturated rings. The zero-order valence-electron chi connectivity index (χ0n) is 11.3. The molecule has 20 heavy (non-hydrogen) atoms. The number of carbonyl (C=O) groups excluding carboxylic acids is 1. The van der Waals surface area contributed by atoms with Crippen LogP contribution in [0, 0.1) is 11.3 Å². The number of aromatic nitrogens is 1. The van der Waals surface area contributed by atoms with Gasteiger partial charge >= 0.3 is 0 Å². The van der Waals surface area contributed by atoms with Crippen LogP contribution in [0.5, 0.6) is 0 Å². The molecule has 2 aromatic heterocycles. The van der Waals surface area contributed by atoms with Crippen LogP contribution in [0.25, 0.3) is 10.6 Å². The average Bonchev–Trinajstić information content (AvgIpc) is 3.08. The van der Waals surface area contributed by atoms with Gasteiger partial charge in [0.2, 0.25) is 5.91 Å². The Hall–Kier alpha value is -2.13. The van der Waals surface area contributed by atoms with Crippen molar-refractivity contribution in [2.45, 2.75) is 32.2 Å². The van der Waals surface area contributed by atoms with Crippen LogP contribution in [0.2, 0.25) is 0 Å². The Morgan fingerprint density at radius 2 is 2.45 bits per heavy atom. The number of thiazole rings is 1. The molecule has 0 aromatic carbocycles. The summed E-state index contributed by atoms with van der Waals surface area (Å²) in [5.74, 6) is -0.194. The summed E-state index contributed by atoms with van der Waals surface area (Å²) < 4.78 is 5.01. The van der Waals surface area contributed by atoms with Crippen molar-refractivity contribution in [2.75, 3.05) is 0 Å². The largest absolute Gasteiger partial charge is 0.472 e. The first kappa shape index (κ1) is 14.3. The van der Waals surface area contributed by atoms with E-state index in [1.165, 1.54) is 11.3 Å². The van der Waals surface area contributed by atoms with Gasteiger partial charge in [0.05, 0.1) is 24.4 Å². The predicted octanol–water partition coefficient (Wildman–Crippen LogP) is 2.75. The van der Waals surface area contributed by atoms with Crippen LogP contribution in [0.4, 0.5) is 0 Å². The molecule has 2 rings (SSSR count). The van der Waals surface area contributed by atoms with E-state index in [4.69, 9.17) is 9.68 Å². The zero-order chi connectivity index (χ0) is 14.6. The second-order valence-corrected chi connectivity index (χ2v) is 5.54. The molecule has 6 heteroatoms. The minimum absolute atomic E-state index is 0.172. The number of hydrogen-bond acceptors (Lipinski definition) is 5. The monoisotopic (exact) mass is 289 g/mol. The molecule has 0 bridgehead atoms. The van der Waals surface area contributed by atoms with Crippen molar-refractivity contribution in [3.63, 3.8) is 0 Å². The van der Waals surface area contributed by atoms with Crippen molar-refractivity contribution < 1.29 is 9.21 Å². The molecule has 104 valence electrons. The van der Waals surface area contributed by atoms with E-state index in [1.807, 2.05) is 18.4 Å². The van der Waals surface area contributed by atoms with Crippen LogP contribution >= 0.6 is 11.3 Å². The Kier molecular flexibility index (Phi) is 4.20. The van der Waals surface area contributed by atoms with E-state index in [2.05, 4.69) is 16.4 Å². The maximum absolute atomic E-state index is 11.9. The third-order valence-corrected chi connectivity index (χ3v) is 3.97. The van der Waals surface area contributed by atoms with Crippen molar-refractivity contribution in [3.8, 4) is 16.6 Å². The molecule has 1 N–H and O–H groups in total. The predicted molar refractivity (Wildman–Crippen MR) is 76.0 cm³/mol. The molecule has 1 amide bonds. The number of hydrogen-bond donors (Lipinski definition) is 1. The normalized spacial score (nSPS) is 13.4. The summed E-state index contributed by atoms with van der Waals surface area (Å²) in [6.07, 6.45) is 3.94. The van der Waals surface area contributed by atoms with Crippen molar-refractivity contribution in [2.24, 2.45) is 0 Å². The van der Waals surface area contributed by atoms with E-state index in [0.29, 0.717) is 12.1 Å². The summed E-state index contributed by atoms with van der Waals surface area (Å²) in [5, 5.41) is 14.4. The molecule has 0 aliphatic carbocycles. The topological polar surface area (TPSA) is 78.9 Å². The van der Waals surface area contributed by atoms with Crippen molar-refractivity contribution >= 4 is 17.2 Å². The summed E-state index contributed by atoms with van der Waals surface area (Å²) in [4.78, 5) is 16.3. The Morgan fingerprint density at radius 1 is 1.65 bits per heavy atom. The Morgan fingerprint density at radius 3 is 3.05 bits per heavy atom. The van der Waals surface area contributed by atoms with Crippen molar-refractivity contribution in [3.05, 3.63) is 29.7 Å². The minimum atomic E-state index is -0.819. The lowest BCUT2D eigenvalue weighted by atomic mass is 10.0. The van der Waals surface area contributed by atoms with Gasteiger partial charge in [-0.25, -0.2) is 4.98 Å². The molecule has 5 nitrogen and oxygen atoms in total. The van der Waals surface area contributed by atoms with E-state index in [0.717, 1.165) is 10.6 Å². The van der Waals surface area contributed by atoms with Gasteiger partial charge in [-0.15, -0.1) is 11.3 Å². The van der Waals surface area contributed by atoms with Crippen LogP contribution in [0.15, 0.2) is 28.4 Å². The number of amides is 1. The number of rotatable bonds is 5. The second-order valence-electron chi connectivity index (χ2n) is 4.68. The van der Waals surface area contributed by atoms with Gasteiger partial charge in [0.15, 0.2) is 0 Å². The maximum Gasteiger partial charge on any atom is 0.227 e. The van der Waals surface area contributed by atoms with Gasteiger partial charge < -0.3 is 9.73 Å².